The summed E-state index contributed by atoms with van der Waals surface area (Å²) in [5.74, 6) is 0.400. The molecule has 0 aromatic heterocycles. The molecular weight excluding hydrogens is 286 g/mol. The molecule has 1 fully saturated rings. The van der Waals surface area contributed by atoms with Gasteiger partial charge in [0.1, 0.15) is 5.75 Å². The smallest absolute Gasteiger partial charge is 0.290 e. The van der Waals surface area contributed by atoms with Gasteiger partial charge in [-0.05, 0) is 30.3 Å². The Morgan fingerprint density at radius 1 is 1.19 bits per heavy atom. The van der Waals surface area contributed by atoms with Gasteiger partial charge in [-0.15, -0.1) is 0 Å². The molecule has 5 heteroatoms. The van der Waals surface area contributed by atoms with Gasteiger partial charge in [0.15, 0.2) is 0 Å². The zero-order valence-corrected chi connectivity index (χ0v) is 12.9. The third-order valence-electron chi connectivity index (χ3n) is 3.10. The number of carbonyl (C=O) groups is 2. The van der Waals surface area contributed by atoms with Gasteiger partial charge >= 0.3 is 0 Å². The topological polar surface area (TPSA) is 55.4 Å². The van der Waals surface area contributed by atoms with Gasteiger partial charge < -0.3 is 4.74 Å². The summed E-state index contributed by atoms with van der Waals surface area (Å²) in [6.45, 7) is 2.84. The maximum absolute atomic E-state index is 11.6. The van der Waals surface area contributed by atoms with Crippen molar-refractivity contribution in [2.24, 2.45) is 0 Å². The number of thioether (sulfide) groups is 1. The second kappa shape index (κ2) is 7.88. The van der Waals surface area contributed by atoms with Crippen molar-refractivity contribution in [2.75, 3.05) is 6.61 Å². The van der Waals surface area contributed by atoms with E-state index in [1.54, 1.807) is 6.08 Å². The standard InChI is InChI=1S/C16H19NO3S/c1-2-3-4-7-10-20-13-9-6-5-8-12(13)11-14-15(18)17-16(19)21-14/h5-6,8-9,11H,2-4,7,10H2,1H3,(H,17,18,19). The Morgan fingerprint density at radius 3 is 2.71 bits per heavy atom. The highest BCUT2D eigenvalue weighted by Gasteiger charge is 2.25. The minimum absolute atomic E-state index is 0.329. The van der Waals surface area contributed by atoms with E-state index in [9.17, 15) is 9.59 Å². The van der Waals surface area contributed by atoms with Crippen LogP contribution in [0.4, 0.5) is 4.79 Å². The normalized spacial score (nSPS) is 16.3. The highest BCUT2D eigenvalue weighted by atomic mass is 32.2. The molecule has 21 heavy (non-hydrogen) atoms. The fraction of sp³-hybridized carbons (Fsp3) is 0.375. The third-order valence-corrected chi connectivity index (χ3v) is 3.91. The molecule has 0 radical (unpaired) electrons. The molecule has 4 nitrogen and oxygen atoms in total. The molecule has 1 saturated heterocycles. The number of ether oxygens (including phenoxy) is 1. The monoisotopic (exact) mass is 305 g/mol. The average Bonchev–Trinajstić information content (AvgIpc) is 2.78. The van der Waals surface area contributed by atoms with Crippen molar-refractivity contribution >= 4 is 29.0 Å². The zero-order valence-electron chi connectivity index (χ0n) is 12.1. The van der Waals surface area contributed by atoms with Gasteiger partial charge in [-0.1, -0.05) is 44.4 Å². The summed E-state index contributed by atoms with van der Waals surface area (Å²) in [6, 6.07) is 7.54. The van der Waals surface area contributed by atoms with Crippen LogP contribution in [-0.4, -0.2) is 17.8 Å². The van der Waals surface area contributed by atoms with Crippen LogP contribution in [0.2, 0.25) is 0 Å². The molecule has 1 aliphatic heterocycles. The van der Waals surface area contributed by atoms with E-state index in [0.29, 0.717) is 11.5 Å². The first kappa shape index (κ1) is 15.6. The molecule has 2 rings (SSSR count). The molecule has 0 spiro atoms. The number of hydrogen-bond acceptors (Lipinski definition) is 4. The molecule has 0 unspecified atom stereocenters. The van der Waals surface area contributed by atoms with E-state index in [-0.39, 0.29) is 11.1 Å². The van der Waals surface area contributed by atoms with E-state index in [2.05, 4.69) is 12.2 Å². The number of hydrogen-bond donors (Lipinski definition) is 1. The van der Waals surface area contributed by atoms with Crippen molar-refractivity contribution in [3.05, 3.63) is 34.7 Å². The predicted molar refractivity (Wildman–Crippen MR) is 85.2 cm³/mol. The summed E-state index contributed by atoms with van der Waals surface area (Å²) in [7, 11) is 0. The highest BCUT2D eigenvalue weighted by Crippen LogP contribution is 2.29. The molecule has 0 atom stereocenters. The lowest BCUT2D eigenvalue weighted by atomic mass is 10.2. The molecule has 1 aromatic carbocycles. The Bertz CT molecular complexity index is 554. The molecule has 0 saturated carbocycles. The highest BCUT2D eigenvalue weighted by molar-refractivity contribution is 8.18. The van der Waals surface area contributed by atoms with Gasteiger partial charge in [0.2, 0.25) is 0 Å². The van der Waals surface area contributed by atoms with Crippen molar-refractivity contribution in [2.45, 2.75) is 32.6 Å². The first-order chi connectivity index (χ1) is 10.2. The van der Waals surface area contributed by atoms with Crippen LogP contribution < -0.4 is 10.1 Å². The van der Waals surface area contributed by atoms with Crippen molar-refractivity contribution in [3.8, 4) is 5.75 Å². The number of para-hydroxylation sites is 1. The fourth-order valence-electron chi connectivity index (χ4n) is 2.00. The molecule has 0 bridgehead atoms. The second-order valence-corrected chi connectivity index (χ2v) is 5.81. The number of benzene rings is 1. The van der Waals surface area contributed by atoms with Crippen LogP contribution in [0.25, 0.3) is 6.08 Å². The number of carbonyl (C=O) groups excluding carboxylic acids is 2. The second-order valence-electron chi connectivity index (χ2n) is 4.80. The minimum atomic E-state index is -0.345. The van der Waals surface area contributed by atoms with E-state index in [4.69, 9.17) is 4.74 Å². The number of rotatable bonds is 7. The van der Waals surface area contributed by atoms with Crippen LogP contribution in [0.15, 0.2) is 29.2 Å². The molecule has 0 aliphatic carbocycles. The molecule has 112 valence electrons. The maximum Gasteiger partial charge on any atom is 0.290 e. The Labute approximate surface area is 128 Å². The first-order valence-corrected chi connectivity index (χ1v) is 7.99. The number of amides is 2. The predicted octanol–water partition coefficient (Wildman–Crippen LogP) is 3.97. The summed E-state index contributed by atoms with van der Waals surface area (Å²) in [5, 5.41) is 1.92. The van der Waals surface area contributed by atoms with Gasteiger partial charge in [0.05, 0.1) is 11.5 Å². The van der Waals surface area contributed by atoms with Gasteiger partial charge in [0.25, 0.3) is 11.1 Å². The summed E-state index contributed by atoms with van der Waals surface area (Å²) in [6.07, 6.45) is 6.29. The SMILES string of the molecule is CCCCCCOc1ccccc1C=C1SC(=O)NC1=O. The molecule has 1 aliphatic rings. The van der Waals surface area contributed by atoms with E-state index in [1.165, 1.54) is 12.8 Å². The number of nitrogens with one attached hydrogen (secondary N) is 1. The summed E-state index contributed by atoms with van der Waals surface area (Å²) >= 11 is 0.918. The Morgan fingerprint density at radius 2 is 2.00 bits per heavy atom. The van der Waals surface area contributed by atoms with Crippen molar-refractivity contribution in [3.63, 3.8) is 0 Å². The number of unbranched alkanes of at least 4 members (excludes halogenated alkanes) is 3. The number of imide groups is 1. The van der Waals surface area contributed by atoms with Crippen LogP contribution in [0.1, 0.15) is 38.2 Å². The van der Waals surface area contributed by atoms with Crippen LogP contribution in [-0.2, 0) is 4.79 Å². The quantitative estimate of drug-likeness (QED) is 0.612. The minimum Gasteiger partial charge on any atom is -0.493 e. The maximum atomic E-state index is 11.6. The third kappa shape index (κ3) is 4.63. The van der Waals surface area contributed by atoms with Crippen LogP contribution >= 0.6 is 11.8 Å². The molecular formula is C16H19NO3S. The molecule has 1 aromatic rings. The van der Waals surface area contributed by atoms with Crippen molar-refractivity contribution < 1.29 is 14.3 Å². The van der Waals surface area contributed by atoms with Gasteiger partial charge in [-0.2, -0.15) is 0 Å². The first-order valence-electron chi connectivity index (χ1n) is 7.17. The van der Waals surface area contributed by atoms with Crippen molar-refractivity contribution in [1.82, 2.24) is 5.32 Å². The summed E-state index contributed by atoms with van der Waals surface area (Å²) in [4.78, 5) is 23.1. The van der Waals surface area contributed by atoms with Gasteiger partial charge in [-0.25, -0.2) is 0 Å². The van der Waals surface area contributed by atoms with Gasteiger partial charge in [0, 0.05) is 5.56 Å². The average molecular weight is 305 g/mol. The lowest BCUT2D eigenvalue weighted by Gasteiger charge is -2.09. The van der Waals surface area contributed by atoms with Crippen LogP contribution in [0.3, 0.4) is 0 Å². The van der Waals surface area contributed by atoms with E-state index < -0.39 is 0 Å². The van der Waals surface area contributed by atoms with E-state index >= 15 is 0 Å². The molecule has 1 heterocycles. The Kier molecular flexibility index (Phi) is 5.87. The van der Waals surface area contributed by atoms with Crippen molar-refractivity contribution in [1.29, 1.82) is 0 Å². The van der Waals surface area contributed by atoms with Crippen LogP contribution in [0.5, 0.6) is 5.75 Å². The molecule has 1 N–H and O–H groups in total. The molecule has 2 amide bonds. The van der Waals surface area contributed by atoms with E-state index in [1.807, 2.05) is 24.3 Å². The Hall–Kier alpha value is -1.75. The van der Waals surface area contributed by atoms with E-state index in [0.717, 1.165) is 35.9 Å². The Balaban J connectivity index is 2.02. The summed E-state index contributed by atoms with van der Waals surface area (Å²) < 4.78 is 5.79. The van der Waals surface area contributed by atoms with Crippen LogP contribution in [0, 0.1) is 0 Å². The zero-order chi connectivity index (χ0) is 15.1. The fourth-order valence-corrected chi connectivity index (χ4v) is 2.68. The largest absolute Gasteiger partial charge is 0.493 e. The van der Waals surface area contributed by atoms with Gasteiger partial charge in [-0.3, -0.25) is 14.9 Å². The lowest BCUT2D eigenvalue weighted by Crippen LogP contribution is -2.17. The lowest BCUT2D eigenvalue weighted by molar-refractivity contribution is -0.115. The summed E-state index contributed by atoms with van der Waals surface area (Å²) in [5.41, 5.74) is 0.820.